The minimum Gasteiger partial charge on any atom is -0.317 e. The average Bonchev–Trinajstić information content (AvgIpc) is 2.36. The van der Waals surface area contributed by atoms with Crippen molar-refractivity contribution in [3.8, 4) is 0 Å². The van der Waals surface area contributed by atoms with Gasteiger partial charge in [0.2, 0.25) is 0 Å². The van der Waals surface area contributed by atoms with E-state index in [9.17, 15) is 4.79 Å². The van der Waals surface area contributed by atoms with Gasteiger partial charge < -0.3 is 9.05 Å². The predicted octanol–water partition coefficient (Wildman–Crippen LogP) is 2.70. The third-order valence-electron chi connectivity index (χ3n) is 2.11. The second-order valence-electron chi connectivity index (χ2n) is 3.76. The predicted molar refractivity (Wildman–Crippen MR) is 78.6 cm³/mol. The highest BCUT2D eigenvalue weighted by Gasteiger charge is 2.28. The molecule has 0 aliphatic rings. The molecule has 6 nitrogen and oxygen atoms in total. The Balaban J connectivity index is 4.57. The number of hydrogen-bond acceptors (Lipinski definition) is 7. The van der Waals surface area contributed by atoms with E-state index in [0.29, 0.717) is 0 Å². The SMILES string of the molecule is COP(=S)(OC)N(C)C(=O)ON=CC(C)(C)SC. The lowest BCUT2D eigenvalue weighted by atomic mass is 10.2. The number of hydrogen-bond donors (Lipinski definition) is 0. The molecule has 0 heterocycles. The fraction of sp³-hybridized carbons (Fsp3) is 0.778. The smallest absolute Gasteiger partial charge is 0.317 e. The molecule has 1 amide bonds. The van der Waals surface area contributed by atoms with Crippen LogP contribution < -0.4 is 0 Å². The minimum absolute atomic E-state index is 0.207. The first kappa shape index (κ1) is 17.9. The van der Waals surface area contributed by atoms with Crippen LogP contribution in [0.3, 0.4) is 0 Å². The molecule has 18 heavy (non-hydrogen) atoms. The molecule has 0 aromatic heterocycles. The van der Waals surface area contributed by atoms with Gasteiger partial charge in [0, 0.05) is 26.0 Å². The zero-order valence-electron chi connectivity index (χ0n) is 11.4. The Hall–Kier alpha value is -0.140. The van der Waals surface area contributed by atoms with Gasteiger partial charge in [0.15, 0.2) is 0 Å². The van der Waals surface area contributed by atoms with Crippen LogP contribution in [-0.4, -0.2) is 49.2 Å². The Morgan fingerprint density at radius 2 is 1.94 bits per heavy atom. The van der Waals surface area contributed by atoms with Gasteiger partial charge in [0.1, 0.15) is 0 Å². The Morgan fingerprint density at radius 1 is 1.44 bits per heavy atom. The van der Waals surface area contributed by atoms with E-state index >= 15 is 0 Å². The Morgan fingerprint density at radius 3 is 2.33 bits per heavy atom. The van der Waals surface area contributed by atoms with Gasteiger partial charge in [-0.05, 0) is 31.9 Å². The summed E-state index contributed by atoms with van der Waals surface area (Å²) in [4.78, 5) is 16.4. The van der Waals surface area contributed by atoms with E-state index in [1.54, 1.807) is 18.0 Å². The molecule has 0 aliphatic heterocycles. The number of thioether (sulfide) groups is 1. The summed E-state index contributed by atoms with van der Waals surface area (Å²) >= 11 is 6.67. The summed E-state index contributed by atoms with van der Waals surface area (Å²) in [6, 6.07) is 0. The lowest BCUT2D eigenvalue weighted by molar-refractivity contribution is 0.128. The molecule has 0 atom stereocenters. The molecule has 0 aliphatic carbocycles. The molecule has 0 spiro atoms. The van der Waals surface area contributed by atoms with E-state index in [1.165, 1.54) is 21.3 Å². The summed E-state index contributed by atoms with van der Waals surface area (Å²) in [6.07, 6.45) is 2.78. The summed E-state index contributed by atoms with van der Waals surface area (Å²) in [6.45, 7) is 1.10. The van der Waals surface area contributed by atoms with E-state index in [0.717, 1.165) is 4.67 Å². The van der Waals surface area contributed by atoms with Gasteiger partial charge >= 0.3 is 6.09 Å². The van der Waals surface area contributed by atoms with Gasteiger partial charge in [-0.25, -0.2) is 9.46 Å². The number of rotatable bonds is 6. The molecule has 0 N–H and O–H groups in total. The number of carbonyl (C=O) groups excluding carboxylic acids is 1. The largest absolute Gasteiger partial charge is 0.442 e. The second-order valence-corrected chi connectivity index (χ2v) is 8.87. The number of carbonyl (C=O) groups is 1. The Kier molecular flexibility index (Phi) is 7.39. The van der Waals surface area contributed by atoms with Crippen molar-refractivity contribution in [2.45, 2.75) is 18.6 Å². The van der Waals surface area contributed by atoms with E-state index in [2.05, 4.69) is 5.16 Å². The summed E-state index contributed by atoms with van der Waals surface area (Å²) < 4.78 is 10.9. The molecule has 0 aromatic rings. The third-order valence-corrected chi connectivity index (χ3v) is 6.72. The van der Waals surface area contributed by atoms with Crippen molar-refractivity contribution in [1.29, 1.82) is 0 Å². The molecule has 0 aromatic carbocycles. The van der Waals surface area contributed by atoms with E-state index in [4.69, 9.17) is 25.7 Å². The summed E-state index contributed by atoms with van der Waals surface area (Å²) in [7, 11) is 4.22. The number of oxime groups is 1. The van der Waals surface area contributed by atoms with Crippen molar-refractivity contribution < 1.29 is 18.7 Å². The van der Waals surface area contributed by atoms with Crippen LogP contribution in [0.4, 0.5) is 4.79 Å². The highest BCUT2D eigenvalue weighted by atomic mass is 32.5. The van der Waals surface area contributed by atoms with Crippen molar-refractivity contribution in [3.05, 3.63) is 0 Å². The van der Waals surface area contributed by atoms with Crippen LogP contribution in [0.1, 0.15) is 13.8 Å². The van der Waals surface area contributed by atoms with E-state index in [1.807, 2.05) is 20.1 Å². The molecule has 0 fully saturated rings. The first-order chi connectivity index (χ1) is 8.22. The molecular formula is C9H19N2O4PS2. The maximum Gasteiger partial charge on any atom is 0.442 e. The zero-order valence-corrected chi connectivity index (χ0v) is 13.9. The molecule has 0 rings (SSSR count). The molecule has 106 valence electrons. The van der Waals surface area contributed by atoms with Crippen molar-refractivity contribution in [1.82, 2.24) is 4.67 Å². The van der Waals surface area contributed by atoms with Gasteiger partial charge in [-0.1, -0.05) is 5.16 Å². The van der Waals surface area contributed by atoms with Gasteiger partial charge in [0.05, 0.1) is 6.21 Å². The van der Waals surface area contributed by atoms with Crippen molar-refractivity contribution >= 4 is 42.5 Å². The molecule has 0 bridgehead atoms. The summed E-state index contributed by atoms with van der Waals surface area (Å²) in [5, 5.41) is 3.64. The fourth-order valence-electron chi connectivity index (χ4n) is 0.730. The minimum atomic E-state index is -2.80. The maximum absolute atomic E-state index is 11.7. The Bertz CT molecular complexity index is 354. The van der Waals surface area contributed by atoms with E-state index < -0.39 is 12.7 Å². The van der Waals surface area contributed by atoms with Crippen molar-refractivity contribution in [3.63, 3.8) is 0 Å². The average molecular weight is 314 g/mol. The number of amides is 1. The lowest BCUT2D eigenvalue weighted by Gasteiger charge is -2.26. The van der Waals surface area contributed by atoms with Crippen LogP contribution in [0.15, 0.2) is 5.16 Å². The van der Waals surface area contributed by atoms with Crippen LogP contribution in [0, 0.1) is 0 Å². The van der Waals surface area contributed by atoms with Gasteiger partial charge in [-0.2, -0.15) is 11.8 Å². The Labute approximate surface area is 117 Å². The third kappa shape index (κ3) is 5.24. The van der Waals surface area contributed by atoms with Crippen LogP contribution in [0.25, 0.3) is 0 Å². The standard InChI is InChI=1S/C9H19N2O4PS2/c1-9(2,18-6)7-10-15-8(12)11(3)16(17,13-4)14-5/h7H,1-6H3. The highest BCUT2D eigenvalue weighted by molar-refractivity contribution is 8.09. The summed E-state index contributed by atoms with van der Waals surface area (Å²) in [5.74, 6) is 0. The van der Waals surface area contributed by atoms with Gasteiger partial charge in [-0.15, -0.1) is 0 Å². The van der Waals surface area contributed by atoms with Gasteiger partial charge in [0.25, 0.3) is 6.64 Å². The van der Waals surface area contributed by atoms with Crippen molar-refractivity contribution in [2.24, 2.45) is 5.16 Å². The van der Waals surface area contributed by atoms with Crippen LogP contribution in [0.5, 0.6) is 0 Å². The first-order valence-corrected chi connectivity index (χ1v) is 8.80. The maximum atomic E-state index is 11.7. The van der Waals surface area contributed by atoms with Crippen LogP contribution in [-0.2, 0) is 25.7 Å². The second kappa shape index (κ2) is 7.45. The molecule has 9 heteroatoms. The molecule has 0 radical (unpaired) electrons. The number of nitrogens with zero attached hydrogens (tertiary/aromatic N) is 2. The van der Waals surface area contributed by atoms with Gasteiger partial charge in [-0.3, -0.25) is 4.84 Å². The molecular weight excluding hydrogens is 295 g/mol. The van der Waals surface area contributed by atoms with Crippen LogP contribution in [0.2, 0.25) is 0 Å². The molecule has 0 unspecified atom stereocenters. The van der Waals surface area contributed by atoms with Crippen molar-refractivity contribution in [2.75, 3.05) is 27.5 Å². The normalized spacial score (nSPS) is 12.8. The zero-order chi connectivity index (χ0) is 14.4. The lowest BCUT2D eigenvalue weighted by Crippen LogP contribution is -2.25. The summed E-state index contributed by atoms with van der Waals surface area (Å²) in [5.41, 5.74) is 0. The van der Waals surface area contributed by atoms with Crippen LogP contribution >= 0.6 is 18.4 Å². The van der Waals surface area contributed by atoms with E-state index in [-0.39, 0.29) is 4.75 Å². The molecule has 0 saturated heterocycles. The first-order valence-electron chi connectivity index (χ1n) is 4.99. The monoisotopic (exact) mass is 314 g/mol. The quantitative estimate of drug-likeness (QED) is 0.325. The topological polar surface area (TPSA) is 60.4 Å². The highest BCUT2D eigenvalue weighted by Crippen LogP contribution is 2.49. The fourth-order valence-corrected chi connectivity index (χ4v) is 1.95. The molecule has 0 saturated carbocycles.